The molecule has 8 nitrogen and oxygen atoms in total. The van der Waals surface area contributed by atoms with E-state index >= 15 is 0 Å². The third kappa shape index (κ3) is 4.50. The van der Waals surface area contributed by atoms with Crippen LogP contribution >= 0.6 is 11.6 Å². The first-order valence-electron chi connectivity index (χ1n) is 10.1. The van der Waals surface area contributed by atoms with Gasteiger partial charge in [-0.05, 0) is 31.4 Å². The first-order valence-corrected chi connectivity index (χ1v) is 10.5. The van der Waals surface area contributed by atoms with E-state index in [1.807, 2.05) is 37.4 Å². The molecule has 162 valence electrons. The summed E-state index contributed by atoms with van der Waals surface area (Å²) < 4.78 is 7.82. The fraction of sp³-hybridized carbons (Fsp3) is 0.318. The fourth-order valence-electron chi connectivity index (χ4n) is 3.73. The minimum absolute atomic E-state index is 0.287. The van der Waals surface area contributed by atoms with Crippen LogP contribution in [0.15, 0.2) is 36.4 Å². The van der Waals surface area contributed by atoms with Crippen LogP contribution in [0.1, 0.15) is 24.8 Å². The monoisotopic (exact) mass is 440 g/mol. The molecule has 3 aromatic rings. The van der Waals surface area contributed by atoms with Gasteiger partial charge in [0.25, 0.3) is 0 Å². The maximum absolute atomic E-state index is 10.2. The van der Waals surface area contributed by atoms with Crippen LogP contribution in [0.2, 0.25) is 5.02 Å². The number of halogens is 1. The van der Waals surface area contributed by atoms with Gasteiger partial charge in [-0.25, -0.2) is 4.98 Å². The number of nitrogens with zero attached hydrogens (tertiary/aromatic N) is 3. The molecule has 1 saturated carbocycles. The van der Waals surface area contributed by atoms with Crippen LogP contribution in [0.3, 0.4) is 0 Å². The number of benzene rings is 1. The average Bonchev–Trinajstić information content (AvgIpc) is 3.33. The predicted molar refractivity (Wildman–Crippen MR) is 123 cm³/mol. The van der Waals surface area contributed by atoms with Crippen LogP contribution in [-0.2, 0) is 7.05 Å². The van der Waals surface area contributed by atoms with Crippen LogP contribution < -0.4 is 15.4 Å². The Balaban J connectivity index is 1.65. The maximum atomic E-state index is 10.2. The van der Waals surface area contributed by atoms with Crippen molar-refractivity contribution >= 4 is 35.3 Å². The maximum Gasteiger partial charge on any atom is 0.140 e. The highest BCUT2D eigenvalue weighted by Crippen LogP contribution is 2.33. The Kier molecular flexibility index (Phi) is 6.11. The van der Waals surface area contributed by atoms with E-state index in [1.54, 1.807) is 17.8 Å². The summed E-state index contributed by atoms with van der Waals surface area (Å²) in [5.74, 6) is 2.29. The number of ether oxygens (including phenoxy) is 1. The highest BCUT2D eigenvalue weighted by Gasteiger charge is 2.28. The molecule has 2 atom stereocenters. The quantitative estimate of drug-likeness (QED) is 0.410. The second kappa shape index (κ2) is 8.95. The molecule has 0 saturated heterocycles. The second-order valence-corrected chi connectivity index (χ2v) is 7.93. The van der Waals surface area contributed by atoms with Crippen LogP contribution in [-0.4, -0.2) is 45.3 Å². The van der Waals surface area contributed by atoms with Gasteiger partial charge in [-0.2, -0.15) is 5.10 Å². The van der Waals surface area contributed by atoms with E-state index in [4.69, 9.17) is 21.7 Å². The van der Waals surface area contributed by atoms with Crippen molar-refractivity contribution in [3.05, 3.63) is 47.0 Å². The Morgan fingerprint density at radius 3 is 2.81 bits per heavy atom. The van der Waals surface area contributed by atoms with Gasteiger partial charge in [0.15, 0.2) is 0 Å². The number of rotatable bonds is 7. The van der Waals surface area contributed by atoms with Gasteiger partial charge in [-0.1, -0.05) is 23.7 Å². The first kappa shape index (κ1) is 21.1. The second-order valence-electron chi connectivity index (χ2n) is 7.49. The van der Waals surface area contributed by atoms with Gasteiger partial charge >= 0.3 is 0 Å². The van der Waals surface area contributed by atoms with Gasteiger partial charge < -0.3 is 25.9 Å². The van der Waals surface area contributed by atoms with Crippen LogP contribution in [0.25, 0.3) is 11.3 Å². The Morgan fingerprint density at radius 2 is 2.13 bits per heavy atom. The summed E-state index contributed by atoms with van der Waals surface area (Å²) in [6, 6.07) is 11.2. The normalized spacial score (nSPS) is 18.1. The molecule has 0 aliphatic heterocycles. The molecular weight excluding hydrogens is 416 g/mol. The Labute approximate surface area is 185 Å². The summed E-state index contributed by atoms with van der Waals surface area (Å²) in [7, 11) is 3.59. The zero-order chi connectivity index (χ0) is 22.0. The topological polar surface area (TPSA) is 108 Å². The molecule has 9 heteroatoms. The molecule has 31 heavy (non-hydrogen) atoms. The van der Waals surface area contributed by atoms with Gasteiger partial charge in [-0.15, -0.1) is 0 Å². The number of aromatic nitrogens is 3. The lowest BCUT2D eigenvalue weighted by Gasteiger charge is -2.20. The van der Waals surface area contributed by atoms with E-state index in [9.17, 15) is 5.11 Å². The Bertz CT molecular complexity index is 1100. The minimum atomic E-state index is -0.501. The van der Waals surface area contributed by atoms with Crippen molar-refractivity contribution in [2.45, 2.75) is 31.5 Å². The fourth-order valence-corrected chi connectivity index (χ4v) is 3.92. The van der Waals surface area contributed by atoms with Crippen LogP contribution in [0.5, 0.6) is 5.75 Å². The molecule has 0 bridgehead atoms. The number of hydrogen-bond acceptors (Lipinski definition) is 7. The molecule has 0 spiro atoms. The predicted octanol–water partition coefficient (Wildman–Crippen LogP) is 4.21. The number of hydrogen-bond donors (Lipinski definition) is 4. The molecule has 1 aliphatic rings. The lowest BCUT2D eigenvalue weighted by Crippen LogP contribution is -2.26. The van der Waals surface area contributed by atoms with Crippen LogP contribution in [0, 0.1) is 5.41 Å². The number of aliphatic hydroxyl groups excluding tert-OH is 1. The summed E-state index contributed by atoms with van der Waals surface area (Å²) in [4.78, 5) is 4.57. The summed E-state index contributed by atoms with van der Waals surface area (Å²) in [5, 5.41) is 29.5. The molecule has 2 unspecified atom stereocenters. The SMILES string of the molecule is CNc1nc(Nc2cc(-c3cccc(Cl)c3)nn2C)cc(OC2CCCC2O)c1C=N. The van der Waals surface area contributed by atoms with Crippen molar-refractivity contribution < 1.29 is 9.84 Å². The van der Waals surface area contributed by atoms with Crippen molar-refractivity contribution in [2.75, 3.05) is 17.7 Å². The zero-order valence-corrected chi connectivity index (χ0v) is 18.1. The van der Waals surface area contributed by atoms with Gasteiger partial charge in [0.05, 0.1) is 17.4 Å². The van der Waals surface area contributed by atoms with E-state index in [1.165, 1.54) is 6.21 Å². The Hall–Kier alpha value is -3.10. The third-order valence-corrected chi connectivity index (χ3v) is 5.59. The van der Waals surface area contributed by atoms with Crippen molar-refractivity contribution in [1.82, 2.24) is 14.8 Å². The number of pyridine rings is 1. The molecule has 4 N–H and O–H groups in total. The van der Waals surface area contributed by atoms with E-state index in [-0.39, 0.29) is 6.10 Å². The van der Waals surface area contributed by atoms with Gasteiger partial charge in [0.2, 0.25) is 0 Å². The standard InChI is InChI=1S/C22H25ClN6O2/c1-25-22-15(12-24)19(31-18-8-4-7-17(18)30)11-20(27-22)26-21-10-16(28-29(21)2)13-5-3-6-14(23)9-13/h3,5-6,9-12,17-18,24,30H,4,7-8H2,1-2H3,(H2,25,26,27). The van der Waals surface area contributed by atoms with Gasteiger partial charge in [-0.3, -0.25) is 4.68 Å². The number of nitrogens with one attached hydrogen (secondary N) is 3. The molecule has 2 aromatic heterocycles. The molecule has 0 amide bonds. The molecule has 1 aromatic carbocycles. The summed E-state index contributed by atoms with van der Waals surface area (Å²) >= 11 is 6.11. The molecular formula is C22H25ClN6O2. The summed E-state index contributed by atoms with van der Waals surface area (Å²) in [6.45, 7) is 0. The first-order chi connectivity index (χ1) is 15.0. The molecule has 4 rings (SSSR count). The largest absolute Gasteiger partial charge is 0.487 e. The van der Waals surface area contributed by atoms with E-state index in [0.717, 1.165) is 36.3 Å². The lowest BCUT2D eigenvalue weighted by atomic mass is 10.1. The minimum Gasteiger partial charge on any atom is -0.487 e. The third-order valence-electron chi connectivity index (χ3n) is 5.35. The van der Waals surface area contributed by atoms with Crippen molar-refractivity contribution in [3.63, 3.8) is 0 Å². The number of anilines is 3. The molecule has 2 heterocycles. The lowest BCUT2D eigenvalue weighted by molar-refractivity contribution is 0.0603. The van der Waals surface area contributed by atoms with Crippen molar-refractivity contribution in [1.29, 1.82) is 5.41 Å². The molecule has 1 fully saturated rings. The highest BCUT2D eigenvalue weighted by atomic mass is 35.5. The molecule has 0 radical (unpaired) electrons. The van der Waals surface area contributed by atoms with Gasteiger partial charge in [0.1, 0.15) is 29.3 Å². The van der Waals surface area contributed by atoms with Crippen molar-refractivity contribution in [2.24, 2.45) is 7.05 Å². The number of aliphatic hydroxyl groups is 1. The number of aryl methyl sites for hydroxylation is 1. The van der Waals surface area contributed by atoms with Crippen molar-refractivity contribution in [3.8, 4) is 17.0 Å². The Morgan fingerprint density at radius 1 is 1.29 bits per heavy atom. The summed E-state index contributed by atoms with van der Waals surface area (Å²) in [6.07, 6.45) is 2.84. The average molecular weight is 441 g/mol. The van der Waals surface area contributed by atoms with Crippen LogP contribution in [0.4, 0.5) is 17.5 Å². The zero-order valence-electron chi connectivity index (χ0n) is 17.4. The van der Waals surface area contributed by atoms with E-state index in [2.05, 4.69) is 20.7 Å². The van der Waals surface area contributed by atoms with Gasteiger partial charge in [0, 0.05) is 43.0 Å². The molecule has 1 aliphatic carbocycles. The summed E-state index contributed by atoms with van der Waals surface area (Å²) in [5.41, 5.74) is 2.23. The smallest absolute Gasteiger partial charge is 0.140 e. The highest BCUT2D eigenvalue weighted by molar-refractivity contribution is 6.30. The van der Waals surface area contributed by atoms with E-state index < -0.39 is 6.10 Å². The van der Waals surface area contributed by atoms with E-state index in [0.29, 0.717) is 28.0 Å².